The number of ether oxygens (including phenoxy) is 1. The first-order chi connectivity index (χ1) is 13.7. The Morgan fingerprint density at radius 2 is 1.86 bits per heavy atom. The molecule has 0 spiro atoms. The van der Waals surface area contributed by atoms with Gasteiger partial charge in [0.15, 0.2) is 0 Å². The van der Waals surface area contributed by atoms with Crippen LogP contribution in [-0.2, 0) is 6.54 Å². The van der Waals surface area contributed by atoms with E-state index >= 15 is 0 Å². The van der Waals surface area contributed by atoms with Gasteiger partial charge in [0.2, 0.25) is 0 Å². The molecule has 5 nitrogen and oxygen atoms in total. The fourth-order valence-corrected chi connectivity index (χ4v) is 3.50. The van der Waals surface area contributed by atoms with Crippen LogP contribution in [-0.4, -0.2) is 34.2 Å². The van der Waals surface area contributed by atoms with Crippen molar-refractivity contribution in [1.29, 1.82) is 0 Å². The highest BCUT2D eigenvalue weighted by Gasteiger charge is 2.34. The van der Waals surface area contributed by atoms with Gasteiger partial charge in [-0.3, -0.25) is 4.79 Å². The molecule has 5 heteroatoms. The number of hydrogen-bond donors (Lipinski definition) is 0. The Morgan fingerprint density at radius 3 is 2.46 bits per heavy atom. The number of amides is 1. The van der Waals surface area contributed by atoms with Crippen molar-refractivity contribution in [2.75, 3.05) is 13.7 Å². The first-order valence-corrected chi connectivity index (χ1v) is 9.76. The molecule has 1 heterocycles. The van der Waals surface area contributed by atoms with Crippen LogP contribution >= 0.6 is 0 Å². The molecule has 0 unspecified atom stereocenters. The Balaban J connectivity index is 1.61. The molecule has 2 aromatic carbocycles. The number of carbonyl (C=O) groups excluding carboxylic acids is 1. The predicted molar refractivity (Wildman–Crippen MR) is 109 cm³/mol. The van der Waals surface area contributed by atoms with Crippen LogP contribution < -0.4 is 4.74 Å². The summed E-state index contributed by atoms with van der Waals surface area (Å²) < 4.78 is 7.16. The van der Waals surface area contributed by atoms with Crippen LogP contribution in [0.15, 0.2) is 60.8 Å². The highest BCUT2D eigenvalue weighted by atomic mass is 16.5. The molecule has 28 heavy (non-hydrogen) atoms. The molecule has 1 aromatic heterocycles. The number of aromatic nitrogens is 2. The van der Waals surface area contributed by atoms with Gasteiger partial charge in [-0.25, -0.2) is 4.68 Å². The summed E-state index contributed by atoms with van der Waals surface area (Å²) in [5.74, 6) is 1.28. The maximum Gasteiger partial charge on any atom is 0.257 e. The molecule has 1 fully saturated rings. The van der Waals surface area contributed by atoms with E-state index in [9.17, 15) is 4.79 Å². The molecule has 0 atom stereocenters. The van der Waals surface area contributed by atoms with Crippen LogP contribution in [0.2, 0.25) is 0 Å². The zero-order valence-corrected chi connectivity index (χ0v) is 16.3. The number of para-hydroxylation sites is 1. The highest BCUT2D eigenvalue weighted by Crippen LogP contribution is 2.42. The molecule has 4 rings (SSSR count). The second-order valence-corrected chi connectivity index (χ2v) is 7.13. The van der Waals surface area contributed by atoms with Gasteiger partial charge in [-0.15, -0.1) is 0 Å². The van der Waals surface area contributed by atoms with Crippen molar-refractivity contribution < 1.29 is 9.53 Å². The van der Waals surface area contributed by atoms with Gasteiger partial charge in [-0.1, -0.05) is 30.3 Å². The minimum Gasteiger partial charge on any atom is -0.497 e. The van der Waals surface area contributed by atoms with Crippen molar-refractivity contribution in [1.82, 2.24) is 14.7 Å². The quantitative estimate of drug-likeness (QED) is 0.614. The largest absolute Gasteiger partial charge is 0.497 e. The first-order valence-electron chi connectivity index (χ1n) is 9.76. The summed E-state index contributed by atoms with van der Waals surface area (Å²) in [7, 11) is 1.65. The number of nitrogens with zero attached hydrogens (tertiary/aromatic N) is 3. The standard InChI is InChI=1S/C23H25N3O2/c1-3-25(16-17-9-13-20(28-2)14-10-17)23(27)21-15-24-26(22(21)18-11-12-18)19-7-5-4-6-8-19/h4-10,13-15,18H,3,11-12,16H2,1-2H3. The minimum absolute atomic E-state index is 0.0439. The number of hydrogen-bond acceptors (Lipinski definition) is 3. The van der Waals surface area contributed by atoms with E-state index in [1.54, 1.807) is 13.3 Å². The van der Waals surface area contributed by atoms with Crippen molar-refractivity contribution >= 4 is 5.91 Å². The summed E-state index contributed by atoms with van der Waals surface area (Å²) in [6.45, 7) is 3.23. The van der Waals surface area contributed by atoms with Gasteiger partial charge in [0.25, 0.3) is 5.91 Å². The second-order valence-electron chi connectivity index (χ2n) is 7.13. The van der Waals surface area contributed by atoms with E-state index in [0.717, 1.165) is 41.1 Å². The number of carbonyl (C=O) groups is 1. The smallest absolute Gasteiger partial charge is 0.257 e. The van der Waals surface area contributed by atoms with Crippen LogP contribution in [0.1, 0.15) is 47.3 Å². The van der Waals surface area contributed by atoms with Crippen molar-refractivity contribution in [2.24, 2.45) is 0 Å². The van der Waals surface area contributed by atoms with E-state index in [1.807, 2.05) is 71.1 Å². The topological polar surface area (TPSA) is 47.4 Å². The Hall–Kier alpha value is -3.08. The predicted octanol–water partition coefficient (Wildman–Crippen LogP) is 4.42. The van der Waals surface area contributed by atoms with E-state index in [1.165, 1.54) is 0 Å². The Bertz CT molecular complexity index is 944. The van der Waals surface area contributed by atoms with E-state index in [-0.39, 0.29) is 5.91 Å². The molecule has 0 saturated heterocycles. The molecule has 1 saturated carbocycles. The van der Waals surface area contributed by atoms with Gasteiger partial charge < -0.3 is 9.64 Å². The third-order valence-corrected chi connectivity index (χ3v) is 5.20. The average Bonchev–Trinajstić information content (AvgIpc) is 3.50. The molecule has 0 bridgehead atoms. The normalized spacial score (nSPS) is 13.4. The molecule has 144 valence electrons. The summed E-state index contributed by atoms with van der Waals surface area (Å²) in [5.41, 5.74) is 3.85. The molecule has 0 radical (unpaired) electrons. The molecule has 3 aromatic rings. The molecular formula is C23H25N3O2. The average molecular weight is 375 g/mol. The lowest BCUT2D eigenvalue weighted by molar-refractivity contribution is 0.0751. The van der Waals surface area contributed by atoms with Crippen LogP contribution in [0.3, 0.4) is 0 Å². The van der Waals surface area contributed by atoms with Gasteiger partial charge in [0.1, 0.15) is 5.75 Å². The van der Waals surface area contributed by atoms with Gasteiger partial charge >= 0.3 is 0 Å². The van der Waals surface area contributed by atoms with E-state index in [0.29, 0.717) is 19.0 Å². The van der Waals surface area contributed by atoms with Gasteiger partial charge in [0, 0.05) is 19.0 Å². The maximum absolute atomic E-state index is 13.3. The van der Waals surface area contributed by atoms with Gasteiger partial charge in [-0.2, -0.15) is 5.10 Å². The van der Waals surface area contributed by atoms with Crippen LogP contribution in [0, 0.1) is 0 Å². The fourth-order valence-electron chi connectivity index (χ4n) is 3.50. The second kappa shape index (κ2) is 7.89. The van der Waals surface area contributed by atoms with Crippen LogP contribution in [0.25, 0.3) is 5.69 Å². The van der Waals surface area contributed by atoms with Gasteiger partial charge in [0.05, 0.1) is 30.3 Å². The van der Waals surface area contributed by atoms with Crippen molar-refractivity contribution in [3.05, 3.63) is 77.6 Å². The minimum atomic E-state index is 0.0439. The SMILES string of the molecule is CCN(Cc1ccc(OC)cc1)C(=O)c1cnn(-c2ccccc2)c1C1CC1. The Labute approximate surface area is 165 Å². The summed E-state index contributed by atoms with van der Waals surface area (Å²) in [5, 5.41) is 4.57. The van der Waals surface area contributed by atoms with E-state index in [4.69, 9.17) is 4.74 Å². The number of benzene rings is 2. The maximum atomic E-state index is 13.3. The van der Waals surface area contributed by atoms with Crippen molar-refractivity contribution in [3.8, 4) is 11.4 Å². The molecule has 0 aliphatic heterocycles. The summed E-state index contributed by atoms with van der Waals surface area (Å²) in [4.78, 5) is 15.2. The van der Waals surface area contributed by atoms with Crippen molar-refractivity contribution in [3.63, 3.8) is 0 Å². The monoisotopic (exact) mass is 375 g/mol. The number of methoxy groups -OCH3 is 1. The van der Waals surface area contributed by atoms with Crippen molar-refractivity contribution in [2.45, 2.75) is 32.2 Å². The highest BCUT2D eigenvalue weighted by molar-refractivity contribution is 5.95. The summed E-state index contributed by atoms with van der Waals surface area (Å²) in [6, 6.07) is 17.9. The van der Waals surface area contributed by atoms with Crippen LogP contribution in [0.5, 0.6) is 5.75 Å². The fraction of sp³-hybridized carbons (Fsp3) is 0.304. The lowest BCUT2D eigenvalue weighted by Gasteiger charge is -2.21. The zero-order valence-electron chi connectivity index (χ0n) is 16.3. The molecular weight excluding hydrogens is 350 g/mol. The lowest BCUT2D eigenvalue weighted by Crippen LogP contribution is -2.30. The van der Waals surface area contributed by atoms with E-state index < -0.39 is 0 Å². The first kappa shape index (κ1) is 18.3. The Kier molecular flexibility index (Phi) is 5.15. The molecule has 1 amide bonds. The molecule has 1 aliphatic rings. The Morgan fingerprint density at radius 1 is 1.14 bits per heavy atom. The van der Waals surface area contributed by atoms with Crippen LogP contribution in [0.4, 0.5) is 0 Å². The third-order valence-electron chi connectivity index (χ3n) is 5.20. The van der Waals surface area contributed by atoms with E-state index in [2.05, 4.69) is 5.10 Å². The third kappa shape index (κ3) is 3.65. The molecule has 0 N–H and O–H groups in total. The zero-order chi connectivity index (χ0) is 19.5. The summed E-state index contributed by atoms with van der Waals surface area (Å²) >= 11 is 0. The summed E-state index contributed by atoms with van der Waals surface area (Å²) in [6.07, 6.45) is 3.96. The number of rotatable bonds is 7. The van der Waals surface area contributed by atoms with Gasteiger partial charge in [-0.05, 0) is 49.6 Å². The molecule has 1 aliphatic carbocycles. The lowest BCUT2D eigenvalue weighted by atomic mass is 10.1.